The first-order valence-corrected chi connectivity index (χ1v) is 4.53. The summed E-state index contributed by atoms with van der Waals surface area (Å²) in [5.41, 5.74) is 0.803. The van der Waals surface area contributed by atoms with Crippen molar-refractivity contribution in [3.05, 3.63) is 23.8 Å². The molecule has 0 aromatic heterocycles. The van der Waals surface area contributed by atoms with E-state index in [0.29, 0.717) is 5.75 Å². The zero-order valence-corrected chi connectivity index (χ0v) is 9.06. The van der Waals surface area contributed by atoms with Crippen molar-refractivity contribution in [3.8, 4) is 17.6 Å². The number of ether oxygens (including phenoxy) is 1. The van der Waals surface area contributed by atoms with E-state index < -0.39 is 0 Å². The van der Waals surface area contributed by atoms with Gasteiger partial charge in [-0.05, 0) is 31.8 Å². The maximum atomic E-state index is 9.41. The summed E-state index contributed by atoms with van der Waals surface area (Å²) in [6, 6.07) is 6.76. The Kier molecular flexibility index (Phi) is 3.53. The number of methoxy groups -OCH3 is 1. The van der Waals surface area contributed by atoms with Crippen LogP contribution < -0.4 is 4.74 Å². The molecule has 0 bridgehead atoms. The third kappa shape index (κ3) is 2.39. The van der Waals surface area contributed by atoms with E-state index in [1.165, 1.54) is 13.2 Å². The van der Waals surface area contributed by atoms with Crippen molar-refractivity contribution >= 4 is 0 Å². The van der Waals surface area contributed by atoms with Crippen LogP contribution in [0.3, 0.4) is 0 Å². The van der Waals surface area contributed by atoms with Crippen LogP contribution in [-0.4, -0.2) is 31.2 Å². The molecule has 0 aliphatic rings. The van der Waals surface area contributed by atoms with Gasteiger partial charge in [-0.3, -0.25) is 4.90 Å². The Morgan fingerprint density at radius 2 is 2.13 bits per heavy atom. The van der Waals surface area contributed by atoms with E-state index in [4.69, 9.17) is 10.00 Å². The molecule has 15 heavy (non-hydrogen) atoms. The van der Waals surface area contributed by atoms with Gasteiger partial charge in [0.2, 0.25) is 0 Å². The summed E-state index contributed by atoms with van der Waals surface area (Å²) in [7, 11) is 5.14. The minimum atomic E-state index is -0.334. The normalized spacial score (nSPS) is 12.2. The summed E-state index contributed by atoms with van der Waals surface area (Å²) < 4.78 is 4.98. The Morgan fingerprint density at radius 3 is 2.60 bits per heavy atom. The highest BCUT2D eigenvalue weighted by Crippen LogP contribution is 2.29. The van der Waals surface area contributed by atoms with Gasteiger partial charge in [0.25, 0.3) is 0 Å². The predicted molar refractivity (Wildman–Crippen MR) is 56.7 cm³/mol. The van der Waals surface area contributed by atoms with Gasteiger partial charge >= 0.3 is 0 Å². The molecule has 0 amide bonds. The molecule has 0 heterocycles. The number of rotatable bonds is 3. The Bertz CT molecular complexity index is 383. The average Bonchev–Trinajstić information content (AvgIpc) is 2.21. The van der Waals surface area contributed by atoms with Crippen LogP contribution in [0.2, 0.25) is 0 Å². The third-order valence-electron chi connectivity index (χ3n) is 2.16. The topological polar surface area (TPSA) is 56.5 Å². The lowest BCUT2D eigenvalue weighted by Crippen LogP contribution is -2.18. The van der Waals surface area contributed by atoms with E-state index in [1.807, 2.05) is 14.1 Å². The maximum absolute atomic E-state index is 9.41. The van der Waals surface area contributed by atoms with Gasteiger partial charge in [-0.2, -0.15) is 5.26 Å². The number of benzene rings is 1. The molecular weight excluding hydrogens is 192 g/mol. The van der Waals surface area contributed by atoms with Crippen molar-refractivity contribution in [2.24, 2.45) is 0 Å². The number of nitriles is 1. The van der Waals surface area contributed by atoms with E-state index in [0.717, 1.165) is 5.56 Å². The van der Waals surface area contributed by atoms with Gasteiger partial charge in [0.15, 0.2) is 11.5 Å². The van der Waals surface area contributed by atoms with Crippen LogP contribution in [0.5, 0.6) is 11.5 Å². The number of hydrogen-bond acceptors (Lipinski definition) is 4. The predicted octanol–water partition coefficient (Wildman–Crippen LogP) is 1.53. The minimum absolute atomic E-state index is 0.0803. The summed E-state index contributed by atoms with van der Waals surface area (Å²) in [6.45, 7) is 0. The van der Waals surface area contributed by atoms with Crippen LogP contribution in [-0.2, 0) is 0 Å². The zero-order valence-electron chi connectivity index (χ0n) is 9.06. The number of hydrogen-bond donors (Lipinski definition) is 1. The molecule has 1 aromatic rings. The fourth-order valence-electron chi connectivity index (χ4n) is 1.35. The largest absolute Gasteiger partial charge is 0.504 e. The van der Waals surface area contributed by atoms with Crippen LogP contribution in [0.4, 0.5) is 0 Å². The second kappa shape index (κ2) is 4.67. The molecule has 0 spiro atoms. The van der Waals surface area contributed by atoms with Gasteiger partial charge in [-0.15, -0.1) is 0 Å². The zero-order chi connectivity index (χ0) is 11.4. The maximum Gasteiger partial charge on any atom is 0.160 e. The van der Waals surface area contributed by atoms with Crippen LogP contribution in [0, 0.1) is 11.3 Å². The second-order valence-electron chi connectivity index (χ2n) is 3.43. The molecule has 1 N–H and O–H groups in total. The molecule has 0 radical (unpaired) electrons. The van der Waals surface area contributed by atoms with Gasteiger partial charge in [0.1, 0.15) is 6.04 Å². The van der Waals surface area contributed by atoms with Crippen LogP contribution in [0.25, 0.3) is 0 Å². The highest BCUT2D eigenvalue weighted by molar-refractivity contribution is 5.43. The van der Waals surface area contributed by atoms with Crippen LogP contribution in [0.1, 0.15) is 11.6 Å². The van der Waals surface area contributed by atoms with Gasteiger partial charge in [-0.25, -0.2) is 0 Å². The van der Waals surface area contributed by atoms with E-state index >= 15 is 0 Å². The lowest BCUT2D eigenvalue weighted by atomic mass is 10.1. The van der Waals surface area contributed by atoms with Crippen LogP contribution in [0.15, 0.2) is 18.2 Å². The summed E-state index contributed by atoms with van der Waals surface area (Å²) in [5, 5.41) is 18.4. The monoisotopic (exact) mass is 206 g/mol. The summed E-state index contributed by atoms with van der Waals surface area (Å²) in [5.74, 6) is 0.464. The van der Waals surface area contributed by atoms with Crippen LogP contribution >= 0.6 is 0 Å². The number of aromatic hydroxyl groups is 1. The average molecular weight is 206 g/mol. The Morgan fingerprint density at radius 1 is 1.47 bits per heavy atom. The molecule has 80 valence electrons. The number of nitrogens with zero attached hydrogens (tertiary/aromatic N) is 2. The smallest absolute Gasteiger partial charge is 0.160 e. The van der Waals surface area contributed by atoms with Crippen molar-refractivity contribution in [3.63, 3.8) is 0 Å². The molecule has 0 aliphatic carbocycles. The fourth-order valence-corrected chi connectivity index (χ4v) is 1.35. The molecule has 0 fully saturated rings. The van der Waals surface area contributed by atoms with E-state index in [1.54, 1.807) is 17.0 Å². The highest BCUT2D eigenvalue weighted by atomic mass is 16.5. The van der Waals surface area contributed by atoms with Gasteiger partial charge in [0, 0.05) is 0 Å². The first-order chi connectivity index (χ1) is 7.10. The van der Waals surface area contributed by atoms with E-state index in [2.05, 4.69) is 6.07 Å². The molecule has 0 saturated heterocycles. The van der Waals surface area contributed by atoms with Gasteiger partial charge < -0.3 is 9.84 Å². The number of phenolic OH excluding ortho intramolecular Hbond substituents is 1. The molecule has 4 heteroatoms. The fraction of sp³-hybridized carbons (Fsp3) is 0.364. The quantitative estimate of drug-likeness (QED) is 0.814. The summed E-state index contributed by atoms with van der Waals surface area (Å²) in [4.78, 5) is 1.80. The minimum Gasteiger partial charge on any atom is -0.504 e. The van der Waals surface area contributed by atoms with E-state index in [-0.39, 0.29) is 11.8 Å². The van der Waals surface area contributed by atoms with Crippen molar-refractivity contribution < 1.29 is 9.84 Å². The molecule has 0 saturated carbocycles. The lowest BCUT2D eigenvalue weighted by molar-refractivity contribution is 0.350. The Labute approximate surface area is 89.3 Å². The van der Waals surface area contributed by atoms with Gasteiger partial charge in [-0.1, -0.05) is 6.07 Å². The first-order valence-electron chi connectivity index (χ1n) is 4.53. The highest BCUT2D eigenvalue weighted by Gasteiger charge is 2.14. The molecule has 0 aliphatic heterocycles. The Balaban J connectivity index is 3.10. The third-order valence-corrected chi connectivity index (χ3v) is 2.16. The van der Waals surface area contributed by atoms with Crippen molar-refractivity contribution in [2.75, 3.05) is 21.2 Å². The SMILES string of the molecule is COc1cc(C(C#N)N(C)C)ccc1O. The van der Waals surface area contributed by atoms with E-state index in [9.17, 15) is 5.11 Å². The summed E-state index contributed by atoms with van der Waals surface area (Å²) in [6.07, 6.45) is 0. The standard InChI is InChI=1S/C11H14N2O2/c1-13(2)9(7-12)8-4-5-10(14)11(6-8)15-3/h4-6,9,14H,1-3H3. The van der Waals surface area contributed by atoms with Crippen molar-refractivity contribution in [1.29, 1.82) is 5.26 Å². The number of phenols is 1. The molecule has 1 aromatic carbocycles. The Hall–Kier alpha value is -1.73. The molecular formula is C11H14N2O2. The van der Waals surface area contributed by atoms with Crippen molar-refractivity contribution in [2.45, 2.75) is 6.04 Å². The molecule has 1 atom stereocenters. The first kappa shape index (κ1) is 11.3. The van der Waals surface area contributed by atoms with Crippen molar-refractivity contribution in [1.82, 2.24) is 4.90 Å². The second-order valence-corrected chi connectivity index (χ2v) is 3.43. The van der Waals surface area contributed by atoms with Gasteiger partial charge in [0.05, 0.1) is 13.2 Å². The lowest BCUT2D eigenvalue weighted by Gasteiger charge is -2.18. The summed E-state index contributed by atoms with van der Waals surface area (Å²) >= 11 is 0. The molecule has 1 unspecified atom stereocenters. The molecule has 4 nitrogen and oxygen atoms in total. The molecule has 1 rings (SSSR count).